The molecule has 0 aliphatic heterocycles. The Morgan fingerprint density at radius 3 is 2.18 bits per heavy atom. The van der Waals surface area contributed by atoms with Crippen LogP contribution in [0, 0.1) is 0 Å². The van der Waals surface area contributed by atoms with Gasteiger partial charge >= 0.3 is 0 Å². The maximum atomic E-state index is 9.06. The predicted octanol–water partition coefficient (Wildman–Crippen LogP) is 0.215. The van der Waals surface area contributed by atoms with Gasteiger partial charge in [0.05, 0.1) is 6.10 Å². The van der Waals surface area contributed by atoms with E-state index in [1.807, 2.05) is 0 Å². The molecule has 0 heterocycles. The molecule has 0 radical (unpaired) electrons. The molecule has 0 aromatic rings. The Morgan fingerprint density at radius 1 is 1.00 bits per heavy atom. The molecule has 1 atom stereocenters. The lowest BCUT2D eigenvalue weighted by Crippen LogP contribution is -2.19. The summed E-state index contributed by atoms with van der Waals surface area (Å²) in [6, 6.07) is 0. The minimum atomic E-state index is -0.298. The topological polar surface area (TPSA) is 72.3 Å². The van der Waals surface area contributed by atoms with Crippen molar-refractivity contribution >= 4 is 0 Å². The molecule has 0 aromatic heterocycles. The van der Waals surface area contributed by atoms with Gasteiger partial charge in [0.2, 0.25) is 0 Å². The molecule has 0 amide bonds. The molecule has 0 aliphatic carbocycles. The fourth-order valence-corrected chi connectivity index (χ4v) is 0.996. The third-order valence-electron chi connectivity index (χ3n) is 1.76. The van der Waals surface area contributed by atoms with Crippen LogP contribution in [0.25, 0.3) is 0 Å². The molecule has 3 nitrogen and oxygen atoms in total. The Hall–Kier alpha value is -0.120. The molecule has 1 unspecified atom stereocenters. The van der Waals surface area contributed by atoms with E-state index >= 15 is 0 Å². The Balaban J connectivity index is 2.89. The molecule has 3 heteroatoms. The highest BCUT2D eigenvalue weighted by Crippen LogP contribution is 2.04. The fraction of sp³-hybridized carbons (Fsp3) is 1.00. The van der Waals surface area contributed by atoms with Crippen LogP contribution in [0.3, 0.4) is 0 Å². The van der Waals surface area contributed by atoms with E-state index in [0.717, 1.165) is 32.2 Å². The summed E-state index contributed by atoms with van der Waals surface area (Å²) in [6.07, 6.45) is 5.04. The van der Waals surface area contributed by atoms with Crippen LogP contribution in [0.4, 0.5) is 0 Å². The van der Waals surface area contributed by atoms with Crippen molar-refractivity contribution in [3.05, 3.63) is 0 Å². The van der Waals surface area contributed by atoms with Gasteiger partial charge in [-0.2, -0.15) is 0 Å². The summed E-state index contributed by atoms with van der Waals surface area (Å²) in [7, 11) is 0. The van der Waals surface area contributed by atoms with Crippen molar-refractivity contribution in [1.29, 1.82) is 0 Å². The summed E-state index contributed by atoms with van der Waals surface area (Å²) in [5.74, 6) is 0. The Morgan fingerprint density at radius 2 is 1.64 bits per heavy atom. The van der Waals surface area contributed by atoms with Crippen molar-refractivity contribution in [1.82, 2.24) is 0 Å². The van der Waals surface area contributed by atoms with Crippen LogP contribution < -0.4 is 11.5 Å². The normalized spacial score (nSPS) is 13.4. The van der Waals surface area contributed by atoms with Crippen LogP contribution in [-0.2, 0) is 0 Å². The molecule has 0 bridgehead atoms. The summed E-state index contributed by atoms with van der Waals surface area (Å²) in [5, 5.41) is 9.06. The molecule has 0 aromatic carbocycles. The summed E-state index contributed by atoms with van der Waals surface area (Å²) in [5.41, 5.74) is 10.6. The van der Waals surface area contributed by atoms with E-state index in [1.54, 1.807) is 0 Å². The Labute approximate surface area is 68.8 Å². The number of aliphatic hydroxyl groups is 1. The molecule has 68 valence electrons. The highest BCUT2D eigenvalue weighted by atomic mass is 16.3. The lowest BCUT2D eigenvalue weighted by molar-refractivity contribution is 0.169. The molecule has 0 spiro atoms. The van der Waals surface area contributed by atoms with Gasteiger partial charge in [0.1, 0.15) is 0 Å². The van der Waals surface area contributed by atoms with Crippen molar-refractivity contribution < 1.29 is 5.11 Å². The standard InChI is InChI=1S/C8H20N2O/c9-6-4-2-1-3-5-8(11)7-10/h8,11H,1-7,9-10H2. The first-order valence-corrected chi connectivity index (χ1v) is 4.39. The molecular formula is C8H20N2O. The van der Waals surface area contributed by atoms with Crippen molar-refractivity contribution in [3.8, 4) is 0 Å². The van der Waals surface area contributed by atoms with Crippen LogP contribution in [0.2, 0.25) is 0 Å². The van der Waals surface area contributed by atoms with Crippen molar-refractivity contribution in [3.63, 3.8) is 0 Å². The monoisotopic (exact) mass is 160 g/mol. The number of unbranched alkanes of at least 4 members (excludes halogenated alkanes) is 3. The number of hydrogen-bond acceptors (Lipinski definition) is 3. The van der Waals surface area contributed by atoms with E-state index in [2.05, 4.69) is 0 Å². The van der Waals surface area contributed by atoms with Gasteiger partial charge in [-0.05, 0) is 19.4 Å². The first-order chi connectivity index (χ1) is 5.31. The SMILES string of the molecule is NCCCCCCC(O)CN. The zero-order chi connectivity index (χ0) is 8.53. The lowest BCUT2D eigenvalue weighted by Gasteiger charge is -2.05. The maximum absolute atomic E-state index is 9.06. The van der Waals surface area contributed by atoms with E-state index in [0.29, 0.717) is 6.54 Å². The highest BCUT2D eigenvalue weighted by molar-refractivity contribution is 4.55. The van der Waals surface area contributed by atoms with E-state index in [1.165, 1.54) is 6.42 Å². The first kappa shape index (κ1) is 10.9. The Kier molecular flexibility index (Phi) is 7.89. The van der Waals surface area contributed by atoms with Gasteiger partial charge in [-0.3, -0.25) is 0 Å². The van der Waals surface area contributed by atoms with Gasteiger partial charge in [-0.15, -0.1) is 0 Å². The van der Waals surface area contributed by atoms with E-state index < -0.39 is 0 Å². The van der Waals surface area contributed by atoms with Crippen LogP contribution in [0.5, 0.6) is 0 Å². The quantitative estimate of drug-likeness (QED) is 0.466. The van der Waals surface area contributed by atoms with E-state index in [-0.39, 0.29) is 6.10 Å². The van der Waals surface area contributed by atoms with Crippen LogP contribution in [0.15, 0.2) is 0 Å². The second-order valence-electron chi connectivity index (χ2n) is 2.88. The van der Waals surface area contributed by atoms with Gasteiger partial charge in [-0.1, -0.05) is 19.3 Å². The number of rotatable bonds is 7. The third kappa shape index (κ3) is 7.78. The minimum absolute atomic E-state index is 0.298. The smallest absolute Gasteiger partial charge is 0.0662 e. The van der Waals surface area contributed by atoms with Gasteiger partial charge in [0.25, 0.3) is 0 Å². The van der Waals surface area contributed by atoms with E-state index in [9.17, 15) is 0 Å². The summed E-state index contributed by atoms with van der Waals surface area (Å²) in [4.78, 5) is 0. The highest BCUT2D eigenvalue weighted by Gasteiger charge is 1.98. The second kappa shape index (κ2) is 7.98. The average Bonchev–Trinajstić information content (AvgIpc) is 2.04. The van der Waals surface area contributed by atoms with Gasteiger partial charge in [-0.25, -0.2) is 0 Å². The van der Waals surface area contributed by atoms with Gasteiger partial charge in [0, 0.05) is 6.54 Å². The number of hydrogen-bond donors (Lipinski definition) is 3. The molecule has 5 N–H and O–H groups in total. The van der Waals surface area contributed by atoms with Crippen molar-refractivity contribution in [2.24, 2.45) is 11.5 Å². The molecule has 0 saturated carbocycles. The number of nitrogens with two attached hydrogens (primary N) is 2. The first-order valence-electron chi connectivity index (χ1n) is 4.39. The molecule has 0 fully saturated rings. The third-order valence-corrected chi connectivity index (χ3v) is 1.76. The van der Waals surface area contributed by atoms with Gasteiger partial charge in [0.15, 0.2) is 0 Å². The van der Waals surface area contributed by atoms with Crippen LogP contribution in [0.1, 0.15) is 32.1 Å². The molecule has 0 rings (SSSR count). The van der Waals surface area contributed by atoms with E-state index in [4.69, 9.17) is 16.6 Å². The minimum Gasteiger partial charge on any atom is -0.392 e. The van der Waals surface area contributed by atoms with Crippen molar-refractivity contribution in [2.45, 2.75) is 38.2 Å². The van der Waals surface area contributed by atoms with Crippen LogP contribution in [-0.4, -0.2) is 24.3 Å². The molecule has 0 saturated heterocycles. The van der Waals surface area contributed by atoms with Gasteiger partial charge < -0.3 is 16.6 Å². The summed E-state index contributed by atoms with van der Waals surface area (Å²) < 4.78 is 0. The lowest BCUT2D eigenvalue weighted by atomic mass is 10.1. The second-order valence-corrected chi connectivity index (χ2v) is 2.88. The molecule has 11 heavy (non-hydrogen) atoms. The molecular weight excluding hydrogens is 140 g/mol. The maximum Gasteiger partial charge on any atom is 0.0662 e. The largest absolute Gasteiger partial charge is 0.392 e. The zero-order valence-electron chi connectivity index (χ0n) is 7.13. The molecule has 0 aliphatic rings. The van der Waals surface area contributed by atoms with Crippen molar-refractivity contribution in [2.75, 3.05) is 13.1 Å². The number of aliphatic hydroxyl groups excluding tert-OH is 1. The zero-order valence-corrected chi connectivity index (χ0v) is 7.13. The summed E-state index contributed by atoms with van der Waals surface area (Å²) in [6.45, 7) is 1.16. The summed E-state index contributed by atoms with van der Waals surface area (Å²) >= 11 is 0. The Bertz CT molecular complexity index is 78.5. The fourth-order valence-electron chi connectivity index (χ4n) is 0.996. The van der Waals surface area contributed by atoms with Crippen LogP contribution >= 0.6 is 0 Å². The predicted molar refractivity (Wildman–Crippen MR) is 47.2 cm³/mol. The average molecular weight is 160 g/mol.